The van der Waals surface area contributed by atoms with Gasteiger partial charge < -0.3 is 14.2 Å². The maximum atomic E-state index is 5.40. The standard InChI is InChI=1S/C6H8O3/c1-3-2-7-6(8-3)5-4(1)9-5/h3-6H,1-2H2. The average molecular weight is 128 g/mol. The predicted octanol–water partition coefficient (Wildman–Crippen LogP) is -0.101. The summed E-state index contributed by atoms with van der Waals surface area (Å²) in [4.78, 5) is 0. The maximum absolute atomic E-state index is 5.40. The van der Waals surface area contributed by atoms with Gasteiger partial charge in [0.2, 0.25) is 0 Å². The van der Waals surface area contributed by atoms with Crippen molar-refractivity contribution in [1.29, 1.82) is 0 Å². The van der Waals surface area contributed by atoms with Crippen molar-refractivity contribution in [3.63, 3.8) is 0 Å². The van der Waals surface area contributed by atoms with Gasteiger partial charge in [0.25, 0.3) is 0 Å². The zero-order chi connectivity index (χ0) is 5.84. The topological polar surface area (TPSA) is 31.0 Å². The molecule has 0 amide bonds. The number of ether oxygens (including phenoxy) is 3. The molecule has 0 radical (unpaired) electrons. The molecule has 0 spiro atoms. The van der Waals surface area contributed by atoms with E-state index in [1.807, 2.05) is 0 Å². The molecule has 3 aliphatic rings. The molecule has 3 nitrogen and oxygen atoms in total. The van der Waals surface area contributed by atoms with Crippen molar-refractivity contribution in [3.8, 4) is 0 Å². The lowest BCUT2D eigenvalue weighted by Gasteiger charge is -2.12. The van der Waals surface area contributed by atoms with Gasteiger partial charge in [0, 0.05) is 6.42 Å². The van der Waals surface area contributed by atoms with E-state index in [-0.39, 0.29) is 12.4 Å². The smallest absolute Gasteiger partial charge is 0.186 e. The van der Waals surface area contributed by atoms with Gasteiger partial charge >= 0.3 is 0 Å². The SMILES string of the molecule is C1OC2OC1CC1OC12. The van der Waals surface area contributed by atoms with E-state index >= 15 is 0 Å². The molecule has 50 valence electrons. The molecule has 0 aromatic rings. The minimum atomic E-state index is -0.0197. The molecule has 3 aliphatic heterocycles. The normalized spacial score (nSPS) is 61.3. The van der Waals surface area contributed by atoms with Crippen molar-refractivity contribution in [2.45, 2.75) is 31.0 Å². The highest BCUT2D eigenvalue weighted by Crippen LogP contribution is 2.40. The van der Waals surface area contributed by atoms with E-state index in [1.165, 1.54) is 0 Å². The van der Waals surface area contributed by atoms with Gasteiger partial charge in [0.1, 0.15) is 6.10 Å². The Balaban J connectivity index is 1.90. The first kappa shape index (κ1) is 4.66. The van der Waals surface area contributed by atoms with Crippen molar-refractivity contribution in [2.75, 3.05) is 6.61 Å². The second kappa shape index (κ2) is 1.31. The van der Waals surface area contributed by atoms with Gasteiger partial charge in [0.05, 0.1) is 18.8 Å². The van der Waals surface area contributed by atoms with Crippen LogP contribution in [0.4, 0.5) is 0 Å². The molecule has 0 saturated carbocycles. The Morgan fingerprint density at radius 2 is 2.22 bits per heavy atom. The van der Waals surface area contributed by atoms with Gasteiger partial charge in [-0.05, 0) is 0 Å². The summed E-state index contributed by atoms with van der Waals surface area (Å²) in [6.45, 7) is 0.779. The van der Waals surface area contributed by atoms with Crippen LogP contribution in [0.1, 0.15) is 6.42 Å². The van der Waals surface area contributed by atoms with E-state index in [0.29, 0.717) is 12.2 Å². The molecule has 3 rings (SSSR count). The van der Waals surface area contributed by atoms with Gasteiger partial charge in [-0.1, -0.05) is 0 Å². The summed E-state index contributed by atoms with van der Waals surface area (Å²) in [6, 6.07) is 0. The van der Waals surface area contributed by atoms with Crippen LogP contribution >= 0.6 is 0 Å². The van der Waals surface area contributed by atoms with E-state index in [9.17, 15) is 0 Å². The molecule has 3 fully saturated rings. The lowest BCUT2D eigenvalue weighted by atomic mass is 10.1. The molecule has 2 bridgehead atoms. The molecule has 4 atom stereocenters. The Hall–Kier alpha value is -0.120. The van der Waals surface area contributed by atoms with Crippen molar-refractivity contribution < 1.29 is 14.2 Å². The summed E-state index contributed by atoms with van der Waals surface area (Å²) in [5.74, 6) is 0. The maximum Gasteiger partial charge on any atom is 0.186 e. The highest BCUT2D eigenvalue weighted by Gasteiger charge is 2.55. The first-order valence-electron chi connectivity index (χ1n) is 3.36. The highest BCUT2D eigenvalue weighted by molar-refractivity contribution is 4.97. The Labute approximate surface area is 52.9 Å². The van der Waals surface area contributed by atoms with Crippen LogP contribution in [0.2, 0.25) is 0 Å². The van der Waals surface area contributed by atoms with E-state index in [2.05, 4.69) is 0 Å². The second-order valence-corrected chi connectivity index (χ2v) is 2.83. The highest BCUT2D eigenvalue weighted by atomic mass is 16.8. The van der Waals surface area contributed by atoms with Crippen LogP contribution in [0, 0.1) is 0 Å². The molecule has 0 aliphatic carbocycles. The molecule has 3 heteroatoms. The van der Waals surface area contributed by atoms with Crippen LogP contribution in [0.25, 0.3) is 0 Å². The van der Waals surface area contributed by atoms with Gasteiger partial charge in [-0.15, -0.1) is 0 Å². The van der Waals surface area contributed by atoms with Gasteiger partial charge in [-0.25, -0.2) is 0 Å². The van der Waals surface area contributed by atoms with Crippen LogP contribution in [-0.2, 0) is 14.2 Å². The molecule has 0 aromatic carbocycles. The fraction of sp³-hybridized carbons (Fsp3) is 1.00. The monoisotopic (exact) mass is 128 g/mol. The quantitative estimate of drug-likeness (QED) is 0.427. The number of epoxide rings is 1. The molecular weight excluding hydrogens is 120 g/mol. The number of hydrogen-bond donors (Lipinski definition) is 0. The molecule has 9 heavy (non-hydrogen) atoms. The minimum absolute atomic E-state index is 0.0197. The summed E-state index contributed by atoms with van der Waals surface area (Å²) >= 11 is 0. The van der Waals surface area contributed by atoms with Crippen molar-refractivity contribution in [2.24, 2.45) is 0 Å². The van der Waals surface area contributed by atoms with Crippen LogP contribution in [0.5, 0.6) is 0 Å². The van der Waals surface area contributed by atoms with Crippen molar-refractivity contribution in [1.82, 2.24) is 0 Å². The predicted molar refractivity (Wildman–Crippen MR) is 27.9 cm³/mol. The third kappa shape index (κ3) is 0.520. The average Bonchev–Trinajstić information content (AvgIpc) is 2.50. The zero-order valence-electron chi connectivity index (χ0n) is 4.95. The molecule has 0 aromatic heterocycles. The van der Waals surface area contributed by atoms with Gasteiger partial charge in [-0.2, -0.15) is 0 Å². The fourth-order valence-corrected chi connectivity index (χ4v) is 1.61. The van der Waals surface area contributed by atoms with Crippen LogP contribution in [0.15, 0.2) is 0 Å². The van der Waals surface area contributed by atoms with Crippen LogP contribution in [0.3, 0.4) is 0 Å². The first-order valence-corrected chi connectivity index (χ1v) is 3.36. The van der Waals surface area contributed by atoms with Crippen LogP contribution in [-0.4, -0.2) is 31.2 Å². The Kier molecular flexibility index (Phi) is 0.678. The molecule has 3 saturated heterocycles. The Bertz CT molecular complexity index is 145. The fourth-order valence-electron chi connectivity index (χ4n) is 1.61. The summed E-state index contributed by atoms with van der Waals surface area (Å²) in [6.07, 6.45) is 2.11. The lowest BCUT2D eigenvalue weighted by Crippen LogP contribution is -2.26. The van der Waals surface area contributed by atoms with Gasteiger partial charge in [0.15, 0.2) is 6.29 Å². The van der Waals surface area contributed by atoms with E-state index in [4.69, 9.17) is 14.2 Å². The van der Waals surface area contributed by atoms with E-state index in [0.717, 1.165) is 13.0 Å². The third-order valence-electron chi connectivity index (χ3n) is 2.16. The summed E-state index contributed by atoms with van der Waals surface area (Å²) in [5.41, 5.74) is 0. The lowest BCUT2D eigenvalue weighted by molar-refractivity contribution is -0.0784. The molecule has 0 N–H and O–H groups in total. The summed E-state index contributed by atoms with van der Waals surface area (Å²) < 4.78 is 15.9. The molecular formula is C6H8O3. The first-order chi connectivity index (χ1) is 4.43. The zero-order valence-corrected chi connectivity index (χ0v) is 4.95. The van der Waals surface area contributed by atoms with Gasteiger partial charge in [-0.3, -0.25) is 0 Å². The Morgan fingerprint density at radius 1 is 1.22 bits per heavy atom. The minimum Gasteiger partial charge on any atom is -0.364 e. The second-order valence-electron chi connectivity index (χ2n) is 2.83. The van der Waals surface area contributed by atoms with E-state index in [1.54, 1.807) is 0 Å². The van der Waals surface area contributed by atoms with Crippen LogP contribution < -0.4 is 0 Å². The Morgan fingerprint density at radius 3 is 3.22 bits per heavy atom. The molecule has 3 heterocycles. The summed E-state index contributed by atoms with van der Waals surface area (Å²) in [7, 11) is 0. The number of rotatable bonds is 0. The van der Waals surface area contributed by atoms with Crippen molar-refractivity contribution >= 4 is 0 Å². The number of fused-ring (bicyclic) bond motifs is 4. The third-order valence-corrected chi connectivity index (χ3v) is 2.16. The van der Waals surface area contributed by atoms with E-state index < -0.39 is 0 Å². The molecule has 4 unspecified atom stereocenters. The van der Waals surface area contributed by atoms with Crippen molar-refractivity contribution in [3.05, 3.63) is 0 Å². The summed E-state index contributed by atoms with van der Waals surface area (Å²) in [5, 5.41) is 0. The number of hydrogen-bond acceptors (Lipinski definition) is 3. The largest absolute Gasteiger partial charge is 0.364 e.